The second-order valence-corrected chi connectivity index (χ2v) is 4.54. The number of hydrogen-bond donors (Lipinski definition) is 4. The summed E-state index contributed by atoms with van der Waals surface area (Å²) in [5.74, 6) is -1.72. The van der Waals surface area contributed by atoms with Gasteiger partial charge in [-0.1, -0.05) is 13.3 Å². The number of nitrogens with one attached hydrogen (secondary N) is 2. The van der Waals surface area contributed by atoms with Gasteiger partial charge in [0.1, 0.15) is 0 Å². The van der Waals surface area contributed by atoms with Crippen LogP contribution in [0.25, 0.3) is 0 Å². The Bertz CT molecular complexity index is 479. The van der Waals surface area contributed by atoms with E-state index < -0.39 is 12.1 Å². The summed E-state index contributed by atoms with van der Waals surface area (Å²) in [4.78, 5) is 25.6. The molecule has 0 aliphatic carbocycles. The monoisotopic (exact) mass is 268 g/mol. The molecular weight excluding hydrogens is 248 g/mol. The molecule has 1 amide bonds. The van der Waals surface area contributed by atoms with Gasteiger partial charge in [-0.3, -0.25) is 4.79 Å². The van der Waals surface area contributed by atoms with Crippen molar-refractivity contribution in [3.05, 3.63) is 22.5 Å². The number of carbonyl (C=O) groups is 2. The highest BCUT2D eigenvalue weighted by atomic mass is 16.4. The maximum absolute atomic E-state index is 12.0. The Hall–Kier alpha value is -1.82. The van der Waals surface area contributed by atoms with Crippen molar-refractivity contribution in [3.63, 3.8) is 0 Å². The lowest BCUT2D eigenvalue weighted by Crippen LogP contribution is -2.36. The number of aryl methyl sites for hydroxylation is 2. The van der Waals surface area contributed by atoms with E-state index in [2.05, 4.69) is 17.2 Å². The minimum Gasteiger partial charge on any atom is -0.479 e. The molecule has 0 fully saturated rings. The van der Waals surface area contributed by atoms with Crippen molar-refractivity contribution in [2.24, 2.45) is 0 Å². The molecule has 6 nitrogen and oxygen atoms in total. The highest BCUT2D eigenvalue weighted by Crippen LogP contribution is 2.18. The van der Waals surface area contributed by atoms with E-state index in [0.29, 0.717) is 5.56 Å². The zero-order valence-corrected chi connectivity index (χ0v) is 11.4. The highest BCUT2D eigenvalue weighted by Gasteiger charge is 2.20. The summed E-state index contributed by atoms with van der Waals surface area (Å²) in [6.07, 6.45) is 0.246. The van der Waals surface area contributed by atoms with Crippen LogP contribution in [0.15, 0.2) is 0 Å². The molecule has 1 aromatic heterocycles. The Kier molecular flexibility index (Phi) is 5.11. The van der Waals surface area contributed by atoms with Crippen LogP contribution in [0.3, 0.4) is 0 Å². The summed E-state index contributed by atoms with van der Waals surface area (Å²) in [7, 11) is 0. The molecule has 1 aromatic rings. The van der Waals surface area contributed by atoms with Crippen LogP contribution in [0.4, 0.5) is 0 Å². The summed E-state index contributed by atoms with van der Waals surface area (Å²) in [5.41, 5.74) is 3.18. The van der Waals surface area contributed by atoms with E-state index in [-0.39, 0.29) is 12.5 Å². The second kappa shape index (κ2) is 6.38. The number of amides is 1. The van der Waals surface area contributed by atoms with E-state index in [1.54, 1.807) is 6.92 Å². The first-order valence-electron chi connectivity index (χ1n) is 6.25. The molecule has 1 atom stereocenters. The van der Waals surface area contributed by atoms with Crippen LogP contribution in [0.5, 0.6) is 0 Å². The number of rotatable bonds is 6. The first-order valence-corrected chi connectivity index (χ1v) is 6.25. The van der Waals surface area contributed by atoms with Crippen LogP contribution in [-0.2, 0) is 11.2 Å². The highest BCUT2D eigenvalue weighted by molar-refractivity contribution is 5.97. The first-order chi connectivity index (χ1) is 8.88. The summed E-state index contributed by atoms with van der Waals surface area (Å²) in [6, 6.07) is 0. The maximum Gasteiger partial charge on any atom is 0.334 e. The van der Waals surface area contributed by atoms with Gasteiger partial charge in [-0.15, -0.1) is 0 Å². The van der Waals surface area contributed by atoms with E-state index in [4.69, 9.17) is 10.2 Å². The van der Waals surface area contributed by atoms with Gasteiger partial charge in [-0.2, -0.15) is 0 Å². The predicted octanol–water partition coefficient (Wildman–Crippen LogP) is 0.759. The Morgan fingerprint density at radius 1 is 1.37 bits per heavy atom. The molecule has 0 saturated carbocycles. The summed E-state index contributed by atoms with van der Waals surface area (Å²) >= 11 is 0. The van der Waals surface area contributed by atoms with Gasteiger partial charge in [0.15, 0.2) is 6.10 Å². The van der Waals surface area contributed by atoms with Crippen LogP contribution >= 0.6 is 0 Å². The van der Waals surface area contributed by atoms with Gasteiger partial charge in [0.2, 0.25) is 0 Å². The molecular formula is C13H20N2O4. The number of aromatic nitrogens is 1. The van der Waals surface area contributed by atoms with Crippen molar-refractivity contribution in [3.8, 4) is 0 Å². The topological polar surface area (TPSA) is 102 Å². The van der Waals surface area contributed by atoms with Gasteiger partial charge >= 0.3 is 5.97 Å². The lowest BCUT2D eigenvalue weighted by Gasteiger charge is -2.08. The number of carboxylic acids is 1. The Balaban J connectivity index is 2.80. The molecule has 0 radical (unpaired) electrons. The Morgan fingerprint density at radius 2 is 2.00 bits per heavy atom. The van der Waals surface area contributed by atoms with Crippen molar-refractivity contribution in [2.75, 3.05) is 6.54 Å². The molecule has 6 heteroatoms. The van der Waals surface area contributed by atoms with Crippen LogP contribution in [0, 0.1) is 13.8 Å². The van der Waals surface area contributed by atoms with Crippen molar-refractivity contribution in [1.29, 1.82) is 0 Å². The van der Waals surface area contributed by atoms with E-state index in [9.17, 15) is 9.59 Å². The molecule has 1 rings (SSSR count). The molecule has 0 aromatic carbocycles. The number of aliphatic hydroxyl groups excluding tert-OH is 1. The molecule has 0 spiro atoms. The van der Waals surface area contributed by atoms with Crippen LogP contribution in [0.1, 0.15) is 40.7 Å². The van der Waals surface area contributed by atoms with Crippen molar-refractivity contribution in [2.45, 2.75) is 39.7 Å². The fourth-order valence-corrected chi connectivity index (χ4v) is 2.02. The zero-order chi connectivity index (χ0) is 14.6. The fraction of sp³-hybridized carbons (Fsp3) is 0.538. The fourth-order valence-electron chi connectivity index (χ4n) is 2.02. The number of carboxylic acid groups (broad SMARTS) is 1. The van der Waals surface area contributed by atoms with Crippen LogP contribution in [0.2, 0.25) is 0 Å². The number of aliphatic hydroxyl groups is 1. The smallest absolute Gasteiger partial charge is 0.334 e. The van der Waals surface area contributed by atoms with Gasteiger partial charge in [0.05, 0.1) is 12.1 Å². The lowest BCUT2D eigenvalue weighted by atomic mass is 10.1. The summed E-state index contributed by atoms with van der Waals surface area (Å²) in [6.45, 7) is 5.41. The van der Waals surface area contributed by atoms with E-state index in [1.807, 2.05) is 6.92 Å². The average Bonchev–Trinajstić information content (AvgIpc) is 2.61. The second-order valence-electron chi connectivity index (χ2n) is 4.54. The van der Waals surface area contributed by atoms with Crippen LogP contribution in [-0.4, -0.2) is 39.7 Å². The zero-order valence-electron chi connectivity index (χ0n) is 11.4. The van der Waals surface area contributed by atoms with Gasteiger partial charge in [-0.25, -0.2) is 4.79 Å². The van der Waals surface area contributed by atoms with Gasteiger partial charge < -0.3 is 20.5 Å². The molecule has 0 saturated heterocycles. The number of aliphatic carboxylic acids is 1. The molecule has 0 aliphatic rings. The standard InChI is InChI=1S/C13H20N2O4/c1-4-5-9-7(2)11(8(3)15-9)12(17)14-6-10(16)13(18)19/h10,15-16H,4-6H2,1-3H3,(H,14,17)(H,18,19). The van der Waals surface area contributed by atoms with Gasteiger partial charge in [-0.05, 0) is 25.8 Å². The van der Waals surface area contributed by atoms with Crippen molar-refractivity contribution < 1.29 is 19.8 Å². The van der Waals surface area contributed by atoms with E-state index >= 15 is 0 Å². The Morgan fingerprint density at radius 3 is 2.53 bits per heavy atom. The third kappa shape index (κ3) is 3.57. The minimum atomic E-state index is -1.58. The molecule has 1 unspecified atom stereocenters. The maximum atomic E-state index is 12.0. The Labute approximate surface area is 111 Å². The summed E-state index contributed by atoms with van der Waals surface area (Å²) < 4.78 is 0. The lowest BCUT2D eigenvalue weighted by molar-refractivity contribution is -0.146. The average molecular weight is 268 g/mol. The number of hydrogen-bond acceptors (Lipinski definition) is 3. The summed E-state index contributed by atoms with van der Waals surface area (Å²) in [5, 5.41) is 20.1. The third-order valence-electron chi connectivity index (χ3n) is 3.01. The molecule has 0 bridgehead atoms. The normalized spacial score (nSPS) is 12.2. The largest absolute Gasteiger partial charge is 0.479 e. The first kappa shape index (κ1) is 15.2. The minimum absolute atomic E-state index is 0.304. The van der Waals surface area contributed by atoms with Crippen molar-refractivity contribution >= 4 is 11.9 Å². The SMILES string of the molecule is CCCc1[nH]c(C)c(C(=O)NCC(O)C(=O)O)c1C. The number of carbonyl (C=O) groups excluding carboxylic acids is 1. The molecule has 106 valence electrons. The van der Waals surface area contributed by atoms with Crippen LogP contribution < -0.4 is 5.32 Å². The molecule has 0 aliphatic heterocycles. The molecule has 1 heterocycles. The van der Waals surface area contributed by atoms with E-state index in [1.165, 1.54) is 0 Å². The number of aromatic amines is 1. The quantitative estimate of drug-likeness (QED) is 0.611. The molecule has 19 heavy (non-hydrogen) atoms. The predicted molar refractivity (Wildman–Crippen MR) is 70.2 cm³/mol. The van der Waals surface area contributed by atoms with E-state index in [0.717, 1.165) is 29.8 Å². The van der Waals surface area contributed by atoms with Crippen molar-refractivity contribution in [1.82, 2.24) is 10.3 Å². The number of H-pyrrole nitrogens is 1. The third-order valence-corrected chi connectivity index (χ3v) is 3.01. The van der Waals surface area contributed by atoms with Gasteiger partial charge in [0, 0.05) is 11.4 Å². The molecule has 4 N–H and O–H groups in total. The van der Waals surface area contributed by atoms with Gasteiger partial charge in [0.25, 0.3) is 5.91 Å².